The zero-order valence-corrected chi connectivity index (χ0v) is 12.1. The predicted molar refractivity (Wildman–Crippen MR) is 76.9 cm³/mol. The van der Waals surface area contributed by atoms with Crippen LogP contribution in [0.1, 0.15) is 54.2 Å². The van der Waals surface area contributed by atoms with Crippen molar-refractivity contribution in [3.05, 3.63) is 34.6 Å². The van der Waals surface area contributed by atoms with Crippen molar-refractivity contribution >= 4 is 17.6 Å². The molecule has 7 heteroatoms. The molecule has 1 aromatic carbocycles. The second-order valence-corrected chi connectivity index (χ2v) is 5.69. The number of nitrogens with zero attached hydrogens (tertiary/aromatic N) is 4. The standard InChI is InChI=1S/C14H15ClN4O2/c15-10-6-7-12(11(8-10)14(20)21)19-13(16-17-18-19)9-4-2-1-3-5-9/h6-9H,1-5H2,(H,20,21). The lowest BCUT2D eigenvalue weighted by atomic mass is 9.88. The molecule has 0 bridgehead atoms. The molecular formula is C14H15ClN4O2. The molecule has 2 aromatic rings. The number of aromatic carboxylic acids is 1. The average molecular weight is 307 g/mol. The lowest BCUT2D eigenvalue weighted by molar-refractivity contribution is 0.0696. The van der Waals surface area contributed by atoms with Gasteiger partial charge >= 0.3 is 5.97 Å². The van der Waals surface area contributed by atoms with Crippen LogP contribution in [0.2, 0.25) is 5.02 Å². The predicted octanol–water partition coefficient (Wildman–Crippen LogP) is 3.06. The maximum absolute atomic E-state index is 11.4. The topological polar surface area (TPSA) is 80.9 Å². The third-order valence-electron chi connectivity index (χ3n) is 3.88. The summed E-state index contributed by atoms with van der Waals surface area (Å²) >= 11 is 5.89. The molecule has 0 spiro atoms. The molecule has 6 nitrogen and oxygen atoms in total. The molecule has 0 aliphatic heterocycles. The Morgan fingerprint density at radius 1 is 1.29 bits per heavy atom. The summed E-state index contributed by atoms with van der Waals surface area (Å²) in [5, 5.41) is 21.6. The number of rotatable bonds is 3. The van der Waals surface area contributed by atoms with Crippen LogP contribution in [0.5, 0.6) is 0 Å². The number of carboxylic acid groups (broad SMARTS) is 1. The Hall–Kier alpha value is -1.95. The van der Waals surface area contributed by atoms with Crippen LogP contribution in [-0.2, 0) is 0 Å². The molecule has 1 fully saturated rings. The molecule has 1 aliphatic carbocycles. The Balaban J connectivity index is 2.05. The van der Waals surface area contributed by atoms with Gasteiger partial charge in [-0.3, -0.25) is 0 Å². The Morgan fingerprint density at radius 3 is 2.76 bits per heavy atom. The van der Waals surface area contributed by atoms with Crippen molar-refractivity contribution in [1.29, 1.82) is 0 Å². The number of halogens is 1. The van der Waals surface area contributed by atoms with Crippen LogP contribution in [-0.4, -0.2) is 31.3 Å². The lowest BCUT2D eigenvalue weighted by Gasteiger charge is -2.20. The first-order valence-electron chi connectivity index (χ1n) is 6.98. The zero-order valence-electron chi connectivity index (χ0n) is 11.4. The van der Waals surface area contributed by atoms with Crippen molar-refractivity contribution in [2.45, 2.75) is 38.0 Å². The van der Waals surface area contributed by atoms with Gasteiger partial charge in [0.15, 0.2) is 5.82 Å². The van der Waals surface area contributed by atoms with E-state index in [0.29, 0.717) is 10.7 Å². The molecule has 1 N–H and O–H groups in total. The number of tetrazole rings is 1. The van der Waals surface area contributed by atoms with E-state index in [1.807, 2.05) is 0 Å². The van der Waals surface area contributed by atoms with E-state index < -0.39 is 5.97 Å². The maximum Gasteiger partial charge on any atom is 0.337 e. The quantitative estimate of drug-likeness (QED) is 0.942. The fraction of sp³-hybridized carbons (Fsp3) is 0.429. The second kappa shape index (κ2) is 5.81. The molecule has 0 amide bonds. The molecule has 0 radical (unpaired) electrons. The average Bonchev–Trinajstić information content (AvgIpc) is 2.97. The van der Waals surface area contributed by atoms with Gasteiger partial charge in [-0.05, 0) is 41.5 Å². The van der Waals surface area contributed by atoms with Crippen molar-refractivity contribution in [3.8, 4) is 5.69 Å². The highest BCUT2D eigenvalue weighted by Crippen LogP contribution is 2.32. The number of carboxylic acids is 1. The molecule has 1 heterocycles. The molecule has 0 atom stereocenters. The van der Waals surface area contributed by atoms with Gasteiger partial charge in [-0.1, -0.05) is 30.9 Å². The summed E-state index contributed by atoms with van der Waals surface area (Å²) in [6.45, 7) is 0. The highest BCUT2D eigenvalue weighted by molar-refractivity contribution is 6.31. The fourth-order valence-corrected chi connectivity index (χ4v) is 3.02. The molecule has 21 heavy (non-hydrogen) atoms. The van der Waals surface area contributed by atoms with E-state index >= 15 is 0 Å². The number of benzene rings is 1. The SMILES string of the molecule is O=C(O)c1cc(Cl)ccc1-n1nnnc1C1CCCCC1. The first kappa shape index (κ1) is 14.0. The highest BCUT2D eigenvalue weighted by Gasteiger charge is 2.24. The number of carbonyl (C=O) groups is 1. The maximum atomic E-state index is 11.4. The molecule has 3 rings (SSSR count). The van der Waals surface area contributed by atoms with Gasteiger partial charge in [-0.15, -0.1) is 5.10 Å². The smallest absolute Gasteiger partial charge is 0.337 e. The third-order valence-corrected chi connectivity index (χ3v) is 4.12. The van der Waals surface area contributed by atoms with E-state index in [-0.39, 0.29) is 11.5 Å². The van der Waals surface area contributed by atoms with Gasteiger partial charge in [0.25, 0.3) is 0 Å². The lowest BCUT2D eigenvalue weighted by Crippen LogP contribution is -2.14. The van der Waals surface area contributed by atoms with Crippen LogP contribution in [0.4, 0.5) is 0 Å². The van der Waals surface area contributed by atoms with Gasteiger partial charge in [-0.25, -0.2) is 4.79 Å². The monoisotopic (exact) mass is 306 g/mol. The number of aromatic nitrogens is 4. The summed E-state index contributed by atoms with van der Waals surface area (Å²) in [4.78, 5) is 11.4. The summed E-state index contributed by atoms with van der Waals surface area (Å²) in [5.74, 6) is -0.0248. The largest absolute Gasteiger partial charge is 0.478 e. The Morgan fingerprint density at radius 2 is 2.05 bits per heavy atom. The van der Waals surface area contributed by atoms with E-state index in [9.17, 15) is 9.90 Å². The summed E-state index contributed by atoms with van der Waals surface area (Å²) < 4.78 is 1.54. The van der Waals surface area contributed by atoms with Gasteiger partial charge < -0.3 is 5.11 Å². The molecule has 110 valence electrons. The molecule has 1 aromatic heterocycles. The van der Waals surface area contributed by atoms with Crippen LogP contribution < -0.4 is 0 Å². The third kappa shape index (κ3) is 2.76. The molecule has 0 saturated heterocycles. The minimum atomic E-state index is -1.04. The Bertz CT molecular complexity index is 665. The van der Waals surface area contributed by atoms with Crippen LogP contribution in [0.3, 0.4) is 0 Å². The second-order valence-electron chi connectivity index (χ2n) is 5.25. The summed E-state index contributed by atoms with van der Waals surface area (Å²) in [7, 11) is 0. The van der Waals surface area contributed by atoms with Crippen LogP contribution >= 0.6 is 11.6 Å². The van der Waals surface area contributed by atoms with Gasteiger partial charge in [-0.2, -0.15) is 4.68 Å². The van der Waals surface area contributed by atoms with Gasteiger partial charge in [0.2, 0.25) is 0 Å². The van der Waals surface area contributed by atoms with E-state index in [2.05, 4.69) is 15.5 Å². The minimum Gasteiger partial charge on any atom is -0.478 e. The van der Waals surface area contributed by atoms with E-state index in [4.69, 9.17) is 11.6 Å². The number of hydrogen-bond donors (Lipinski definition) is 1. The first-order chi connectivity index (χ1) is 10.2. The van der Waals surface area contributed by atoms with Crippen molar-refractivity contribution in [1.82, 2.24) is 20.2 Å². The Labute approximate surface area is 126 Å². The summed E-state index contributed by atoms with van der Waals surface area (Å²) in [6.07, 6.45) is 5.62. The zero-order chi connectivity index (χ0) is 14.8. The van der Waals surface area contributed by atoms with Crippen molar-refractivity contribution < 1.29 is 9.90 Å². The molecule has 1 saturated carbocycles. The minimum absolute atomic E-state index is 0.104. The first-order valence-corrected chi connectivity index (χ1v) is 7.36. The van der Waals surface area contributed by atoms with E-state index in [1.165, 1.54) is 17.2 Å². The Kier molecular flexibility index (Phi) is 3.88. The van der Waals surface area contributed by atoms with Crippen LogP contribution in [0.25, 0.3) is 5.69 Å². The molecule has 0 unspecified atom stereocenters. The molecular weight excluding hydrogens is 292 g/mol. The summed E-state index contributed by atoms with van der Waals surface area (Å²) in [6, 6.07) is 4.72. The van der Waals surface area contributed by atoms with Crippen molar-refractivity contribution in [2.24, 2.45) is 0 Å². The molecule has 1 aliphatic rings. The highest BCUT2D eigenvalue weighted by atomic mass is 35.5. The van der Waals surface area contributed by atoms with Gasteiger partial charge in [0.1, 0.15) is 0 Å². The fourth-order valence-electron chi connectivity index (χ4n) is 2.85. The van der Waals surface area contributed by atoms with E-state index in [0.717, 1.165) is 31.5 Å². The van der Waals surface area contributed by atoms with E-state index in [1.54, 1.807) is 12.1 Å². The van der Waals surface area contributed by atoms with Crippen molar-refractivity contribution in [3.63, 3.8) is 0 Å². The number of hydrogen-bond acceptors (Lipinski definition) is 4. The summed E-state index contributed by atoms with van der Waals surface area (Å²) in [5.41, 5.74) is 0.560. The van der Waals surface area contributed by atoms with Crippen LogP contribution in [0.15, 0.2) is 18.2 Å². The van der Waals surface area contributed by atoms with Crippen LogP contribution in [0, 0.1) is 0 Å². The normalized spacial score (nSPS) is 16.0. The van der Waals surface area contributed by atoms with Crippen molar-refractivity contribution in [2.75, 3.05) is 0 Å². The van der Waals surface area contributed by atoms with Gasteiger partial charge in [0.05, 0.1) is 11.3 Å². The van der Waals surface area contributed by atoms with Gasteiger partial charge in [0, 0.05) is 10.9 Å².